The number of carbonyl (C=O) groups is 2. The number of esters is 1. The molecule has 2 aliphatic carbocycles. The molecule has 9 nitrogen and oxygen atoms in total. The van der Waals surface area contributed by atoms with Crippen molar-refractivity contribution in [3.63, 3.8) is 0 Å². The fourth-order valence-electron chi connectivity index (χ4n) is 5.03. The average molecular weight is 496 g/mol. The third-order valence-corrected chi connectivity index (χ3v) is 7.78. The minimum atomic E-state index is -0.415. The van der Waals surface area contributed by atoms with Crippen LogP contribution in [0.4, 0.5) is 5.00 Å². The lowest BCUT2D eigenvalue weighted by Crippen LogP contribution is -2.34. The SMILES string of the molecule is CCOC(=O)c1c(NC(=O)Cn2c(-n3nc(C)cc3C)nc3c(c2=O)CCC3)sc2c1CCCC2. The molecule has 0 atom stereocenters. The maximum absolute atomic E-state index is 13.4. The summed E-state index contributed by atoms with van der Waals surface area (Å²) in [6, 6.07) is 1.91. The summed E-state index contributed by atoms with van der Waals surface area (Å²) in [7, 11) is 0. The highest BCUT2D eigenvalue weighted by atomic mass is 32.1. The summed E-state index contributed by atoms with van der Waals surface area (Å²) in [5, 5.41) is 7.91. The Bertz CT molecular complexity index is 1380. The van der Waals surface area contributed by atoms with Crippen molar-refractivity contribution < 1.29 is 14.3 Å². The number of nitrogens with one attached hydrogen (secondary N) is 1. The number of amides is 1. The number of carbonyl (C=O) groups excluding carboxylic acids is 2. The number of aromatic nitrogens is 4. The maximum Gasteiger partial charge on any atom is 0.341 e. The van der Waals surface area contributed by atoms with E-state index in [-0.39, 0.29) is 18.7 Å². The van der Waals surface area contributed by atoms with Gasteiger partial charge in [-0.2, -0.15) is 5.10 Å². The molecule has 2 aliphatic rings. The van der Waals surface area contributed by atoms with Crippen molar-refractivity contribution in [2.75, 3.05) is 11.9 Å². The van der Waals surface area contributed by atoms with Crippen molar-refractivity contribution in [1.29, 1.82) is 0 Å². The molecule has 0 spiro atoms. The number of hydrogen-bond acceptors (Lipinski definition) is 7. The van der Waals surface area contributed by atoms with Gasteiger partial charge in [-0.15, -0.1) is 11.3 Å². The van der Waals surface area contributed by atoms with Gasteiger partial charge in [0.1, 0.15) is 11.5 Å². The molecule has 0 fully saturated rings. The molecule has 0 saturated heterocycles. The van der Waals surface area contributed by atoms with Crippen LogP contribution in [0, 0.1) is 13.8 Å². The number of aryl methyl sites for hydroxylation is 4. The smallest absolute Gasteiger partial charge is 0.341 e. The van der Waals surface area contributed by atoms with E-state index in [0.717, 1.165) is 66.0 Å². The lowest BCUT2D eigenvalue weighted by Gasteiger charge is -2.15. The molecule has 3 aromatic rings. The van der Waals surface area contributed by atoms with Gasteiger partial charge in [0, 0.05) is 16.1 Å². The van der Waals surface area contributed by atoms with E-state index in [1.54, 1.807) is 11.6 Å². The number of thiophene rings is 1. The van der Waals surface area contributed by atoms with Crippen LogP contribution in [0.5, 0.6) is 0 Å². The monoisotopic (exact) mass is 495 g/mol. The Morgan fingerprint density at radius 3 is 2.63 bits per heavy atom. The van der Waals surface area contributed by atoms with Crippen LogP contribution >= 0.6 is 11.3 Å². The summed E-state index contributed by atoms with van der Waals surface area (Å²) in [6.07, 6.45) is 6.02. The highest BCUT2D eigenvalue weighted by molar-refractivity contribution is 7.17. The quantitative estimate of drug-likeness (QED) is 0.526. The summed E-state index contributed by atoms with van der Waals surface area (Å²) < 4.78 is 8.32. The Morgan fingerprint density at radius 1 is 1.11 bits per heavy atom. The zero-order chi connectivity index (χ0) is 24.7. The van der Waals surface area contributed by atoms with Gasteiger partial charge in [-0.25, -0.2) is 14.5 Å². The number of anilines is 1. The van der Waals surface area contributed by atoms with E-state index < -0.39 is 11.9 Å². The summed E-state index contributed by atoms with van der Waals surface area (Å²) in [5.41, 5.74) is 4.31. The molecule has 0 aromatic carbocycles. The van der Waals surface area contributed by atoms with Gasteiger partial charge in [0.05, 0.1) is 23.6 Å². The van der Waals surface area contributed by atoms with Crippen LogP contribution in [0.2, 0.25) is 0 Å². The molecule has 3 heterocycles. The van der Waals surface area contributed by atoms with E-state index >= 15 is 0 Å². The highest BCUT2D eigenvalue weighted by Crippen LogP contribution is 2.38. The molecule has 1 amide bonds. The normalized spacial score (nSPS) is 14.5. The van der Waals surface area contributed by atoms with Gasteiger partial charge in [0.2, 0.25) is 11.9 Å². The lowest BCUT2D eigenvalue weighted by atomic mass is 9.95. The van der Waals surface area contributed by atoms with Crippen LogP contribution in [-0.4, -0.2) is 37.8 Å². The summed E-state index contributed by atoms with van der Waals surface area (Å²) in [6.45, 7) is 5.58. The lowest BCUT2D eigenvalue weighted by molar-refractivity contribution is -0.116. The molecule has 5 rings (SSSR count). The first-order valence-corrected chi connectivity index (χ1v) is 13.0. The minimum absolute atomic E-state index is 0.207. The van der Waals surface area contributed by atoms with Crippen LogP contribution in [0.3, 0.4) is 0 Å². The van der Waals surface area contributed by atoms with Crippen molar-refractivity contribution >= 4 is 28.2 Å². The van der Waals surface area contributed by atoms with Gasteiger partial charge in [-0.05, 0) is 77.3 Å². The number of nitrogens with zero attached hydrogens (tertiary/aromatic N) is 4. The minimum Gasteiger partial charge on any atom is -0.462 e. The van der Waals surface area contributed by atoms with Crippen LogP contribution in [0.15, 0.2) is 10.9 Å². The Labute approximate surface area is 207 Å². The number of fused-ring (bicyclic) bond motifs is 2. The van der Waals surface area contributed by atoms with Crippen molar-refractivity contribution in [1.82, 2.24) is 19.3 Å². The Balaban J connectivity index is 1.51. The second-order valence-electron chi connectivity index (χ2n) is 9.10. The predicted molar refractivity (Wildman–Crippen MR) is 133 cm³/mol. The van der Waals surface area contributed by atoms with Gasteiger partial charge in [-0.3, -0.25) is 14.2 Å². The summed E-state index contributed by atoms with van der Waals surface area (Å²) in [4.78, 5) is 45.3. The molecule has 184 valence electrons. The van der Waals surface area contributed by atoms with Gasteiger partial charge in [0.15, 0.2) is 0 Å². The van der Waals surface area contributed by atoms with E-state index in [1.807, 2.05) is 19.9 Å². The first-order valence-electron chi connectivity index (χ1n) is 12.1. The van der Waals surface area contributed by atoms with E-state index in [0.29, 0.717) is 28.5 Å². The standard InChI is InChI=1S/C25H29N5O4S/c1-4-34-24(33)21-17-8-5-6-11-19(17)35-22(21)27-20(31)13-29-23(32)16-9-7-10-18(16)26-25(29)30-15(3)12-14(2)28-30/h12H,4-11,13H2,1-3H3,(H,27,31). The Hall–Kier alpha value is -3.27. The molecule has 35 heavy (non-hydrogen) atoms. The first-order chi connectivity index (χ1) is 16.9. The maximum atomic E-state index is 13.4. The number of ether oxygens (including phenoxy) is 1. The van der Waals surface area contributed by atoms with Crippen molar-refractivity contribution in [3.05, 3.63) is 55.1 Å². The zero-order valence-electron chi connectivity index (χ0n) is 20.3. The van der Waals surface area contributed by atoms with Crippen LogP contribution in [-0.2, 0) is 41.8 Å². The van der Waals surface area contributed by atoms with Crippen molar-refractivity contribution in [2.24, 2.45) is 0 Å². The van der Waals surface area contributed by atoms with Crippen LogP contribution in [0.25, 0.3) is 5.95 Å². The predicted octanol–water partition coefficient (Wildman–Crippen LogP) is 3.29. The van der Waals surface area contributed by atoms with E-state index in [2.05, 4.69) is 10.4 Å². The van der Waals surface area contributed by atoms with Crippen molar-refractivity contribution in [3.8, 4) is 5.95 Å². The Kier molecular flexibility index (Phi) is 6.31. The molecule has 10 heteroatoms. The van der Waals surface area contributed by atoms with E-state index in [1.165, 1.54) is 15.9 Å². The van der Waals surface area contributed by atoms with E-state index in [9.17, 15) is 14.4 Å². The highest BCUT2D eigenvalue weighted by Gasteiger charge is 2.28. The van der Waals surface area contributed by atoms with Gasteiger partial charge in [-0.1, -0.05) is 0 Å². The largest absolute Gasteiger partial charge is 0.462 e. The van der Waals surface area contributed by atoms with Gasteiger partial charge >= 0.3 is 5.97 Å². The number of hydrogen-bond donors (Lipinski definition) is 1. The average Bonchev–Trinajstić information content (AvgIpc) is 3.52. The van der Waals surface area contributed by atoms with Crippen LogP contribution < -0.4 is 10.9 Å². The molecular formula is C25H29N5O4S. The van der Waals surface area contributed by atoms with Gasteiger partial charge < -0.3 is 10.1 Å². The molecule has 0 unspecified atom stereocenters. The third kappa shape index (κ3) is 4.31. The molecule has 3 aromatic heterocycles. The molecule has 0 radical (unpaired) electrons. The van der Waals surface area contributed by atoms with Crippen LogP contribution in [0.1, 0.15) is 69.6 Å². The molecule has 0 saturated carbocycles. The molecule has 0 bridgehead atoms. The van der Waals surface area contributed by atoms with E-state index in [4.69, 9.17) is 9.72 Å². The second kappa shape index (κ2) is 9.41. The van der Waals surface area contributed by atoms with Gasteiger partial charge in [0.25, 0.3) is 5.56 Å². The molecular weight excluding hydrogens is 466 g/mol. The zero-order valence-corrected chi connectivity index (χ0v) is 21.1. The topological polar surface area (TPSA) is 108 Å². The fraction of sp³-hybridized carbons (Fsp3) is 0.480. The first kappa shape index (κ1) is 23.5. The summed E-state index contributed by atoms with van der Waals surface area (Å²) >= 11 is 1.43. The second-order valence-corrected chi connectivity index (χ2v) is 10.2. The summed E-state index contributed by atoms with van der Waals surface area (Å²) in [5.74, 6) is -0.465. The molecule has 0 aliphatic heterocycles. The third-order valence-electron chi connectivity index (χ3n) is 6.57. The fourth-order valence-corrected chi connectivity index (χ4v) is 6.33. The van der Waals surface area contributed by atoms with Crippen molar-refractivity contribution in [2.45, 2.75) is 72.3 Å². The molecule has 1 N–H and O–H groups in total. The Morgan fingerprint density at radius 2 is 1.89 bits per heavy atom. The number of rotatable bonds is 6.